The zero-order valence-electron chi connectivity index (χ0n) is 15.6. The van der Waals surface area contributed by atoms with Crippen molar-refractivity contribution >= 4 is 56.0 Å². The van der Waals surface area contributed by atoms with Crippen LogP contribution >= 0.6 is 34.7 Å². The molecule has 0 bridgehead atoms. The van der Waals surface area contributed by atoms with Gasteiger partial charge in [-0.1, -0.05) is 47.2 Å². The fourth-order valence-electron chi connectivity index (χ4n) is 2.92. The third-order valence-corrected chi connectivity index (χ3v) is 6.70. The molecular formula is C21H19ClN4OS2. The number of nitrogens with zero attached hydrogens (tertiary/aromatic N) is 4. The van der Waals surface area contributed by atoms with Gasteiger partial charge in [0.1, 0.15) is 5.52 Å². The standard InChI is InChI=1S/C21H19ClN4OS2/c22-17-8-4-9-18-20(17)24-21(29-18)26(12-5-11-25-13-10-23-15-25)19(27)14-28-16-6-2-1-3-7-16/h1-4,6-10,13,15H,5,11-12,14H2. The first kappa shape index (κ1) is 19.9. The van der Waals surface area contributed by atoms with E-state index in [1.807, 2.05) is 59.3 Å². The van der Waals surface area contributed by atoms with Crippen molar-refractivity contribution in [2.75, 3.05) is 17.2 Å². The minimum absolute atomic E-state index is 0.0414. The van der Waals surface area contributed by atoms with E-state index in [2.05, 4.69) is 9.97 Å². The van der Waals surface area contributed by atoms with Crippen LogP contribution in [0, 0.1) is 0 Å². The second kappa shape index (κ2) is 9.43. The van der Waals surface area contributed by atoms with E-state index in [4.69, 9.17) is 11.6 Å². The molecule has 29 heavy (non-hydrogen) atoms. The number of thioether (sulfide) groups is 1. The number of thiazole rings is 1. The van der Waals surface area contributed by atoms with Crippen molar-refractivity contribution in [1.29, 1.82) is 0 Å². The number of hydrogen-bond donors (Lipinski definition) is 0. The summed E-state index contributed by atoms with van der Waals surface area (Å²) in [6, 6.07) is 15.7. The Morgan fingerprint density at radius 1 is 1.17 bits per heavy atom. The van der Waals surface area contributed by atoms with Gasteiger partial charge in [-0.25, -0.2) is 9.97 Å². The molecule has 0 fully saturated rings. The Bertz CT molecular complexity index is 1080. The number of anilines is 1. The molecule has 5 nitrogen and oxygen atoms in total. The smallest absolute Gasteiger partial charge is 0.239 e. The van der Waals surface area contributed by atoms with Crippen LogP contribution in [0.5, 0.6) is 0 Å². The zero-order valence-corrected chi connectivity index (χ0v) is 18.0. The summed E-state index contributed by atoms with van der Waals surface area (Å²) in [5.41, 5.74) is 0.747. The van der Waals surface area contributed by atoms with Gasteiger partial charge in [-0.15, -0.1) is 11.8 Å². The minimum Gasteiger partial charge on any atom is -0.337 e. The average Bonchev–Trinajstić information content (AvgIpc) is 3.41. The molecule has 0 aliphatic rings. The lowest BCUT2D eigenvalue weighted by molar-refractivity contribution is -0.116. The van der Waals surface area contributed by atoms with E-state index in [1.54, 1.807) is 17.4 Å². The summed E-state index contributed by atoms with van der Waals surface area (Å²) in [5.74, 6) is 0.401. The summed E-state index contributed by atoms with van der Waals surface area (Å²) in [7, 11) is 0. The number of rotatable bonds is 8. The van der Waals surface area contributed by atoms with Gasteiger partial charge in [0.05, 0.1) is 21.8 Å². The Balaban J connectivity index is 1.52. The van der Waals surface area contributed by atoms with Crippen molar-refractivity contribution in [2.24, 2.45) is 0 Å². The topological polar surface area (TPSA) is 51.0 Å². The van der Waals surface area contributed by atoms with E-state index < -0.39 is 0 Å². The lowest BCUT2D eigenvalue weighted by Gasteiger charge is -2.20. The summed E-state index contributed by atoms with van der Waals surface area (Å²) in [5, 5.41) is 1.30. The van der Waals surface area contributed by atoms with Gasteiger partial charge in [-0.3, -0.25) is 9.69 Å². The van der Waals surface area contributed by atoms with Crippen molar-refractivity contribution in [1.82, 2.24) is 14.5 Å². The summed E-state index contributed by atoms with van der Waals surface area (Å²) >= 11 is 9.33. The van der Waals surface area contributed by atoms with Gasteiger partial charge in [0, 0.05) is 30.4 Å². The van der Waals surface area contributed by atoms with Crippen LogP contribution in [-0.4, -0.2) is 32.7 Å². The van der Waals surface area contributed by atoms with E-state index in [-0.39, 0.29) is 5.91 Å². The molecule has 0 saturated carbocycles. The number of fused-ring (bicyclic) bond motifs is 1. The SMILES string of the molecule is O=C(CSc1ccccc1)N(CCCn1ccnc1)c1nc2c(Cl)cccc2s1. The Labute approximate surface area is 182 Å². The summed E-state index contributed by atoms with van der Waals surface area (Å²) < 4.78 is 2.99. The van der Waals surface area contributed by atoms with Crippen molar-refractivity contribution < 1.29 is 4.79 Å². The molecule has 4 rings (SSSR count). The summed E-state index contributed by atoms with van der Waals surface area (Å²) in [6.07, 6.45) is 6.28. The number of benzene rings is 2. The highest BCUT2D eigenvalue weighted by Gasteiger charge is 2.20. The molecule has 0 atom stereocenters. The third-order valence-electron chi connectivity index (χ3n) is 4.35. The molecular weight excluding hydrogens is 424 g/mol. The van der Waals surface area contributed by atoms with Crippen LogP contribution < -0.4 is 4.90 Å². The maximum atomic E-state index is 13.1. The second-order valence-electron chi connectivity index (χ2n) is 6.38. The van der Waals surface area contributed by atoms with Crippen molar-refractivity contribution in [2.45, 2.75) is 17.9 Å². The van der Waals surface area contributed by atoms with Gasteiger partial charge in [-0.2, -0.15) is 0 Å². The van der Waals surface area contributed by atoms with Crippen LogP contribution in [0.1, 0.15) is 6.42 Å². The highest BCUT2D eigenvalue weighted by atomic mass is 35.5. The van der Waals surface area contributed by atoms with Gasteiger partial charge in [0.15, 0.2) is 5.13 Å². The number of aryl methyl sites for hydroxylation is 1. The normalized spacial score (nSPS) is 11.1. The van der Waals surface area contributed by atoms with Gasteiger partial charge in [0.25, 0.3) is 0 Å². The van der Waals surface area contributed by atoms with Crippen LogP contribution in [0.4, 0.5) is 5.13 Å². The number of carbonyl (C=O) groups is 1. The van der Waals surface area contributed by atoms with Gasteiger partial charge in [-0.05, 0) is 30.7 Å². The van der Waals surface area contributed by atoms with Crippen LogP contribution in [-0.2, 0) is 11.3 Å². The molecule has 148 valence electrons. The highest BCUT2D eigenvalue weighted by Crippen LogP contribution is 2.33. The van der Waals surface area contributed by atoms with Gasteiger partial charge in [0.2, 0.25) is 5.91 Å². The quantitative estimate of drug-likeness (QED) is 0.344. The predicted octanol–water partition coefficient (Wildman–Crippen LogP) is 5.36. The van der Waals surface area contributed by atoms with E-state index in [9.17, 15) is 4.79 Å². The number of halogens is 1. The third kappa shape index (κ3) is 4.98. The largest absolute Gasteiger partial charge is 0.337 e. The van der Waals surface area contributed by atoms with Crippen molar-refractivity contribution in [3.05, 3.63) is 72.3 Å². The fourth-order valence-corrected chi connectivity index (χ4v) is 5.02. The van der Waals surface area contributed by atoms with Crippen LogP contribution in [0.25, 0.3) is 10.2 Å². The molecule has 0 unspecified atom stereocenters. The molecule has 2 aromatic heterocycles. The first-order chi connectivity index (χ1) is 14.2. The first-order valence-electron chi connectivity index (χ1n) is 9.20. The minimum atomic E-state index is 0.0414. The molecule has 2 aromatic carbocycles. The van der Waals surface area contributed by atoms with Gasteiger partial charge < -0.3 is 4.57 Å². The maximum absolute atomic E-state index is 13.1. The molecule has 0 saturated heterocycles. The second-order valence-corrected chi connectivity index (χ2v) is 8.85. The molecule has 0 N–H and O–H groups in total. The number of imidazole rings is 1. The Kier molecular flexibility index (Phi) is 6.49. The maximum Gasteiger partial charge on any atom is 0.239 e. The molecule has 4 aromatic rings. The molecule has 1 amide bonds. The van der Waals surface area contributed by atoms with Crippen molar-refractivity contribution in [3.8, 4) is 0 Å². The number of hydrogen-bond acceptors (Lipinski definition) is 5. The van der Waals surface area contributed by atoms with E-state index in [1.165, 1.54) is 23.1 Å². The lowest BCUT2D eigenvalue weighted by Crippen LogP contribution is -2.33. The molecule has 0 aliphatic heterocycles. The molecule has 0 spiro atoms. The summed E-state index contributed by atoms with van der Waals surface area (Å²) in [4.78, 5) is 24.7. The number of aromatic nitrogens is 3. The highest BCUT2D eigenvalue weighted by molar-refractivity contribution is 8.00. The molecule has 8 heteroatoms. The average molecular weight is 443 g/mol. The van der Waals surface area contributed by atoms with Crippen LogP contribution in [0.2, 0.25) is 5.02 Å². The molecule has 0 aliphatic carbocycles. The van der Waals surface area contributed by atoms with Crippen molar-refractivity contribution in [3.63, 3.8) is 0 Å². The van der Waals surface area contributed by atoms with E-state index in [0.29, 0.717) is 22.5 Å². The Morgan fingerprint density at radius 2 is 2.03 bits per heavy atom. The van der Waals surface area contributed by atoms with E-state index in [0.717, 1.165) is 28.1 Å². The Hall–Kier alpha value is -2.35. The lowest BCUT2D eigenvalue weighted by atomic mass is 10.3. The monoisotopic (exact) mass is 442 g/mol. The number of para-hydroxylation sites is 1. The van der Waals surface area contributed by atoms with Gasteiger partial charge >= 0.3 is 0 Å². The van der Waals surface area contributed by atoms with Crippen LogP contribution in [0.3, 0.4) is 0 Å². The predicted molar refractivity (Wildman–Crippen MR) is 121 cm³/mol. The van der Waals surface area contributed by atoms with E-state index >= 15 is 0 Å². The zero-order chi connectivity index (χ0) is 20.1. The Morgan fingerprint density at radius 3 is 2.79 bits per heavy atom. The molecule has 2 heterocycles. The first-order valence-corrected chi connectivity index (χ1v) is 11.4. The number of amides is 1. The summed E-state index contributed by atoms with van der Waals surface area (Å²) in [6.45, 7) is 1.38. The van der Waals surface area contributed by atoms with Crippen LogP contribution in [0.15, 0.2) is 72.1 Å². The number of carbonyl (C=O) groups excluding carboxylic acids is 1. The fraction of sp³-hybridized carbons (Fsp3) is 0.190. The molecule has 0 radical (unpaired) electrons.